The van der Waals surface area contributed by atoms with Crippen LogP contribution in [0.1, 0.15) is 28.8 Å². The first kappa shape index (κ1) is 18.9. The fraction of sp³-hybridized carbons (Fsp3) is 0.333. The first-order valence-corrected chi connectivity index (χ1v) is 9.06. The molecule has 2 aromatic rings. The maximum absolute atomic E-state index is 12.3. The number of ether oxygens (including phenoxy) is 2. The molecule has 2 aromatic carbocycles. The maximum atomic E-state index is 12.3. The van der Waals surface area contributed by atoms with Gasteiger partial charge in [-0.1, -0.05) is 18.2 Å². The Morgan fingerprint density at radius 2 is 2.00 bits per heavy atom. The molecule has 6 nitrogen and oxygen atoms in total. The van der Waals surface area contributed by atoms with Crippen molar-refractivity contribution in [3.8, 4) is 5.75 Å². The normalized spacial score (nSPS) is 16.0. The fourth-order valence-corrected chi connectivity index (χ4v) is 2.99. The highest BCUT2D eigenvalue weighted by atomic mass is 16.5. The average molecular weight is 368 g/mol. The summed E-state index contributed by atoms with van der Waals surface area (Å²) in [5.41, 5.74) is 1.99. The van der Waals surface area contributed by atoms with Gasteiger partial charge in [-0.15, -0.1) is 0 Å². The molecule has 2 N–H and O–H groups in total. The Kier molecular flexibility index (Phi) is 6.44. The second-order valence-corrected chi connectivity index (χ2v) is 6.50. The summed E-state index contributed by atoms with van der Waals surface area (Å²) in [6, 6.07) is 14.3. The molecular formula is C21H24N2O4. The summed E-state index contributed by atoms with van der Waals surface area (Å²) < 4.78 is 10.6. The zero-order valence-corrected chi connectivity index (χ0v) is 15.4. The number of hydrogen-bond donors (Lipinski definition) is 2. The van der Waals surface area contributed by atoms with Crippen LogP contribution in [0.5, 0.6) is 5.75 Å². The summed E-state index contributed by atoms with van der Waals surface area (Å²) >= 11 is 0. The summed E-state index contributed by atoms with van der Waals surface area (Å²) in [4.78, 5) is 24.6. The van der Waals surface area contributed by atoms with Crippen molar-refractivity contribution >= 4 is 17.5 Å². The van der Waals surface area contributed by atoms with Crippen LogP contribution >= 0.6 is 0 Å². The SMILES string of the molecule is COc1ccc(CC(=O)Nc2cccc(C(=O)NCC3CCCO3)c2)cc1. The van der Waals surface area contributed by atoms with Gasteiger partial charge in [0.15, 0.2) is 0 Å². The van der Waals surface area contributed by atoms with E-state index in [4.69, 9.17) is 9.47 Å². The Morgan fingerprint density at radius 1 is 1.19 bits per heavy atom. The third kappa shape index (κ3) is 5.56. The van der Waals surface area contributed by atoms with Crippen molar-refractivity contribution in [2.45, 2.75) is 25.4 Å². The van der Waals surface area contributed by atoms with Gasteiger partial charge in [0.1, 0.15) is 5.75 Å². The van der Waals surface area contributed by atoms with Crippen molar-refractivity contribution in [3.05, 3.63) is 59.7 Å². The minimum Gasteiger partial charge on any atom is -0.497 e. The van der Waals surface area contributed by atoms with E-state index in [2.05, 4.69) is 10.6 Å². The lowest BCUT2D eigenvalue weighted by Gasteiger charge is -2.12. The topological polar surface area (TPSA) is 76.7 Å². The molecule has 0 aliphatic carbocycles. The molecule has 1 fully saturated rings. The highest BCUT2D eigenvalue weighted by Crippen LogP contribution is 2.15. The van der Waals surface area contributed by atoms with E-state index in [1.54, 1.807) is 31.4 Å². The van der Waals surface area contributed by atoms with E-state index >= 15 is 0 Å². The lowest BCUT2D eigenvalue weighted by molar-refractivity contribution is -0.115. The number of benzene rings is 2. The van der Waals surface area contributed by atoms with Crippen molar-refractivity contribution in [2.24, 2.45) is 0 Å². The third-order valence-corrected chi connectivity index (χ3v) is 4.45. The van der Waals surface area contributed by atoms with E-state index in [0.717, 1.165) is 30.8 Å². The van der Waals surface area contributed by atoms with E-state index in [0.29, 0.717) is 17.8 Å². The van der Waals surface area contributed by atoms with Gasteiger partial charge in [-0.3, -0.25) is 9.59 Å². The molecule has 1 saturated heterocycles. The Morgan fingerprint density at radius 3 is 2.70 bits per heavy atom. The average Bonchev–Trinajstić information content (AvgIpc) is 3.20. The summed E-state index contributed by atoms with van der Waals surface area (Å²) in [6.45, 7) is 1.27. The smallest absolute Gasteiger partial charge is 0.251 e. The fourth-order valence-electron chi connectivity index (χ4n) is 2.99. The molecule has 1 atom stereocenters. The molecular weight excluding hydrogens is 344 g/mol. The van der Waals surface area contributed by atoms with Crippen molar-refractivity contribution in [2.75, 3.05) is 25.6 Å². The van der Waals surface area contributed by atoms with E-state index in [-0.39, 0.29) is 24.3 Å². The van der Waals surface area contributed by atoms with Crippen molar-refractivity contribution in [1.82, 2.24) is 5.32 Å². The number of rotatable bonds is 7. The molecule has 1 aliphatic rings. The molecule has 0 radical (unpaired) electrons. The molecule has 1 aliphatic heterocycles. The standard InChI is InChI=1S/C21H24N2O4/c1-26-18-9-7-15(8-10-18)12-20(24)23-17-5-2-4-16(13-17)21(25)22-14-19-6-3-11-27-19/h2,4-5,7-10,13,19H,3,6,11-12,14H2,1H3,(H,22,25)(H,23,24). The van der Waals surface area contributed by atoms with Gasteiger partial charge in [0.25, 0.3) is 5.91 Å². The largest absolute Gasteiger partial charge is 0.497 e. The summed E-state index contributed by atoms with van der Waals surface area (Å²) in [6.07, 6.45) is 2.36. The van der Waals surface area contributed by atoms with E-state index < -0.39 is 0 Å². The number of carbonyl (C=O) groups is 2. The predicted molar refractivity (Wildman–Crippen MR) is 103 cm³/mol. The van der Waals surface area contributed by atoms with Crippen LogP contribution in [-0.4, -0.2) is 38.2 Å². The van der Waals surface area contributed by atoms with Gasteiger partial charge in [0, 0.05) is 24.4 Å². The number of carbonyl (C=O) groups excluding carboxylic acids is 2. The number of anilines is 1. The van der Waals surface area contributed by atoms with Gasteiger partial charge in [-0.25, -0.2) is 0 Å². The monoisotopic (exact) mass is 368 g/mol. The molecule has 1 unspecified atom stereocenters. The summed E-state index contributed by atoms with van der Waals surface area (Å²) in [7, 11) is 1.60. The molecule has 0 saturated carbocycles. The van der Waals surface area contributed by atoms with Crippen LogP contribution in [0.4, 0.5) is 5.69 Å². The highest BCUT2D eigenvalue weighted by molar-refractivity contribution is 5.97. The van der Waals surface area contributed by atoms with Gasteiger partial charge in [-0.05, 0) is 48.7 Å². The van der Waals surface area contributed by atoms with Crippen LogP contribution in [0.2, 0.25) is 0 Å². The lowest BCUT2D eigenvalue weighted by atomic mass is 10.1. The molecule has 0 bridgehead atoms. The van der Waals surface area contributed by atoms with Crippen LogP contribution in [-0.2, 0) is 16.0 Å². The van der Waals surface area contributed by atoms with Crippen LogP contribution < -0.4 is 15.4 Å². The van der Waals surface area contributed by atoms with Gasteiger partial charge >= 0.3 is 0 Å². The molecule has 6 heteroatoms. The van der Waals surface area contributed by atoms with Crippen molar-refractivity contribution in [1.29, 1.82) is 0 Å². The second-order valence-electron chi connectivity index (χ2n) is 6.50. The molecule has 27 heavy (non-hydrogen) atoms. The van der Waals surface area contributed by atoms with E-state index in [9.17, 15) is 9.59 Å². The molecule has 2 amide bonds. The second kappa shape index (κ2) is 9.19. The Bertz CT molecular complexity index is 783. The van der Waals surface area contributed by atoms with Crippen LogP contribution in [0.15, 0.2) is 48.5 Å². The summed E-state index contributed by atoms with van der Waals surface area (Å²) in [5, 5.41) is 5.72. The molecule has 3 rings (SSSR count). The van der Waals surface area contributed by atoms with Gasteiger partial charge in [0.2, 0.25) is 5.91 Å². The van der Waals surface area contributed by atoms with Crippen molar-refractivity contribution < 1.29 is 19.1 Å². The molecule has 1 heterocycles. The summed E-state index contributed by atoms with van der Waals surface area (Å²) in [5.74, 6) is 0.440. The van der Waals surface area contributed by atoms with Gasteiger partial charge in [0.05, 0.1) is 19.6 Å². The van der Waals surface area contributed by atoms with E-state index in [1.165, 1.54) is 0 Å². The minimum absolute atomic E-state index is 0.0985. The number of amides is 2. The first-order valence-electron chi connectivity index (χ1n) is 9.06. The Balaban J connectivity index is 1.54. The highest BCUT2D eigenvalue weighted by Gasteiger charge is 2.17. The molecule has 142 valence electrons. The number of nitrogens with one attached hydrogen (secondary N) is 2. The zero-order valence-electron chi connectivity index (χ0n) is 15.4. The predicted octanol–water partition coefficient (Wildman–Crippen LogP) is 2.79. The Hall–Kier alpha value is -2.86. The lowest BCUT2D eigenvalue weighted by Crippen LogP contribution is -2.31. The number of methoxy groups -OCH3 is 1. The van der Waals surface area contributed by atoms with Crippen LogP contribution in [0, 0.1) is 0 Å². The zero-order chi connectivity index (χ0) is 19.1. The molecule has 0 aromatic heterocycles. The van der Waals surface area contributed by atoms with Gasteiger partial charge in [-0.2, -0.15) is 0 Å². The third-order valence-electron chi connectivity index (χ3n) is 4.45. The quantitative estimate of drug-likeness (QED) is 0.788. The van der Waals surface area contributed by atoms with Crippen LogP contribution in [0.25, 0.3) is 0 Å². The first-order chi connectivity index (χ1) is 13.1. The van der Waals surface area contributed by atoms with Crippen LogP contribution in [0.3, 0.4) is 0 Å². The maximum Gasteiger partial charge on any atom is 0.251 e. The molecule has 0 spiro atoms. The van der Waals surface area contributed by atoms with E-state index in [1.807, 2.05) is 24.3 Å². The minimum atomic E-state index is -0.170. The van der Waals surface area contributed by atoms with Gasteiger partial charge < -0.3 is 20.1 Å². The number of hydrogen-bond acceptors (Lipinski definition) is 4. The van der Waals surface area contributed by atoms with Crippen molar-refractivity contribution in [3.63, 3.8) is 0 Å². The Labute approximate surface area is 158 Å².